The molecule has 2 aliphatic heterocycles. The van der Waals surface area contributed by atoms with E-state index in [9.17, 15) is 13.2 Å². The third-order valence-electron chi connectivity index (χ3n) is 4.83. The summed E-state index contributed by atoms with van der Waals surface area (Å²) in [5.74, 6) is 0. The fourth-order valence-electron chi connectivity index (χ4n) is 3.59. The molecule has 0 amide bonds. The van der Waals surface area contributed by atoms with E-state index in [0.717, 1.165) is 37.2 Å². The Labute approximate surface area is 123 Å². The number of alkyl halides is 3. The summed E-state index contributed by atoms with van der Waals surface area (Å²) in [5.41, 5.74) is 1.20. The number of fused-ring (bicyclic) bond motifs is 2. The molecule has 2 unspecified atom stereocenters. The molecule has 2 fully saturated rings. The molecular weight excluding hydrogens is 277 g/mol. The van der Waals surface area contributed by atoms with Crippen molar-refractivity contribution in [3.63, 3.8) is 0 Å². The molecule has 1 aromatic rings. The Morgan fingerprint density at radius 3 is 2.67 bits per heavy atom. The van der Waals surface area contributed by atoms with Gasteiger partial charge in [-0.2, -0.15) is 13.2 Å². The Balaban J connectivity index is 1.79. The number of nitrogens with zero attached hydrogens (tertiary/aromatic N) is 1. The van der Waals surface area contributed by atoms with Crippen LogP contribution in [0.3, 0.4) is 0 Å². The number of hydrogen-bond donors (Lipinski definition) is 1. The number of halogens is 3. The van der Waals surface area contributed by atoms with E-state index >= 15 is 0 Å². The summed E-state index contributed by atoms with van der Waals surface area (Å²) in [5, 5.41) is 3.45. The average Bonchev–Trinajstić information content (AvgIpc) is 2.64. The van der Waals surface area contributed by atoms with Crippen LogP contribution in [0.2, 0.25) is 0 Å². The molecule has 116 valence electrons. The zero-order valence-electron chi connectivity index (χ0n) is 12.2. The van der Waals surface area contributed by atoms with Crippen LogP contribution in [0, 0.1) is 6.92 Å². The molecule has 0 radical (unpaired) electrons. The maximum Gasteiger partial charge on any atom is 0.416 e. The van der Waals surface area contributed by atoms with Crippen LogP contribution >= 0.6 is 0 Å². The topological polar surface area (TPSA) is 15.3 Å². The van der Waals surface area contributed by atoms with Gasteiger partial charge in [0.05, 0.1) is 5.56 Å². The van der Waals surface area contributed by atoms with Gasteiger partial charge in [-0.3, -0.25) is 4.90 Å². The van der Waals surface area contributed by atoms with E-state index in [0.29, 0.717) is 12.1 Å². The highest BCUT2D eigenvalue weighted by atomic mass is 19.4. The quantitative estimate of drug-likeness (QED) is 0.901. The van der Waals surface area contributed by atoms with Gasteiger partial charge in [0, 0.05) is 25.2 Å². The lowest BCUT2D eigenvalue weighted by Gasteiger charge is -2.28. The van der Waals surface area contributed by atoms with E-state index in [1.165, 1.54) is 25.0 Å². The summed E-state index contributed by atoms with van der Waals surface area (Å²) in [6, 6.07) is 5.23. The van der Waals surface area contributed by atoms with E-state index in [4.69, 9.17) is 0 Å². The monoisotopic (exact) mass is 298 g/mol. The van der Waals surface area contributed by atoms with Crippen LogP contribution in [0.5, 0.6) is 0 Å². The summed E-state index contributed by atoms with van der Waals surface area (Å²) in [7, 11) is 0. The lowest BCUT2D eigenvalue weighted by Crippen LogP contribution is -2.37. The molecule has 21 heavy (non-hydrogen) atoms. The Bertz CT molecular complexity index is 499. The first-order valence-corrected chi connectivity index (χ1v) is 7.58. The second kappa shape index (κ2) is 5.61. The molecule has 0 aliphatic carbocycles. The second-order valence-corrected chi connectivity index (χ2v) is 6.19. The normalized spacial score (nSPS) is 26.9. The maximum atomic E-state index is 12.7. The summed E-state index contributed by atoms with van der Waals surface area (Å²) in [6.07, 6.45) is -0.714. The highest BCUT2D eigenvalue weighted by Crippen LogP contribution is 2.33. The van der Waals surface area contributed by atoms with Gasteiger partial charge in [0.15, 0.2) is 0 Å². The number of rotatable bonds is 2. The van der Waals surface area contributed by atoms with Crippen molar-refractivity contribution in [3.05, 3.63) is 34.9 Å². The molecule has 2 bridgehead atoms. The molecule has 2 saturated heterocycles. The largest absolute Gasteiger partial charge is 0.416 e. The predicted molar refractivity (Wildman–Crippen MR) is 76.0 cm³/mol. The molecule has 0 saturated carbocycles. The van der Waals surface area contributed by atoms with Crippen LogP contribution in [0.4, 0.5) is 13.2 Å². The molecule has 2 atom stereocenters. The fourth-order valence-corrected chi connectivity index (χ4v) is 3.59. The summed E-state index contributed by atoms with van der Waals surface area (Å²) < 4.78 is 38.2. The van der Waals surface area contributed by atoms with E-state index in [1.807, 2.05) is 0 Å². The van der Waals surface area contributed by atoms with Gasteiger partial charge in [0.2, 0.25) is 0 Å². The number of hydrogen-bond acceptors (Lipinski definition) is 2. The zero-order valence-corrected chi connectivity index (χ0v) is 12.2. The van der Waals surface area contributed by atoms with Gasteiger partial charge in [-0.1, -0.05) is 6.07 Å². The van der Waals surface area contributed by atoms with Crippen LogP contribution in [0.25, 0.3) is 0 Å². The smallest absolute Gasteiger partial charge is 0.315 e. The third-order valence-corrected chi connectivity index (χ3v) is 4.83. The van der Waals surface area contributed by atoms with Crippen molar-refractivity contribution in [2.45, 2.75) is 51.0 Å². The average molecular weight is 298 g/mol. The Hall–Kier alpha value is -1.07. The molecule has 2 aliphatic rings. The van der Waals surface area contributed by atoms with Crippen LogP contribution in [0.1, 0.15) is 36.0 Å². The molecule has 0 spiro atoms. The molecule has 2 nitrogen and oxygen atoms in total. The minimum absolute atomic E-state index is 0.527. The molecule has 3 rings (SSSR count). The minimum atomic E-state index is -4.26. The van der Waals surface area contributed by atoms with Crippen LogP contribution in [0.15, 0.2) is 18.2 Å². The van der Waals surface area contributed by atoms with Gasteiger partial charge in [-0.15, -0.1) is 0 Å². The maximum absolute atomic E-state index is 12.7. The molecule has 2 heterocycles. The molecule has 1 aromatic carbocycles. The summed E-state index contributed by atoms with van der Waals surface area (Å²) in [6.45, 7) is 4.59. The summed E-state index contributed by atoms with van der Waals surface area (Å²) in [4.78, 5) is 2.48. The van der Waals surface area contributed by atoms with E-state index in [1.54, 1.807) is 13.0 Å². The Morgan fingerprint density at radius 2 is 1.95 bits per heavy atom. The van der Waals surface area contributed by atoms with Crippen molar-refractivity contribution in [1.29, 1.82) is 0 Å². The van der Waals surface area contributed by atoms with Gasteiger partial charge in [-0.25, -0.2) is 0 Å². The van der Waals surface area contributed by atoms with Crippen molar-refractivity contribution in [3.8, 4) is 0 Å². The molecule has 0 aromatic heterocycles. The second-order valence-electron chi connectivity index (χ2n) is 6.19. The first-order valence-electron chi connectivity index (χ1n) is 7.58. The fraction of sp³-hybridized carbons (Fsp3) is 0.625. The van der Waals surface area contributed by atoms with Crippen LogP contribution in [-0.2, 0) is 12.7 Å². The Morgan fingerprint density at radius 1 is 1.19 bits per heavy atom. The van der Waals surface area contributed by atoms with Crippen molar-refractivity contribution in [2.75, 3.05) is 13.1 Å². The zero-order chi connectivity index (χ0) is 15.0. The Kier molecular flexibility index (Phi) is 3.97. The predicted octanol–water partition coefficient (Wildman–Crippen LogP) is 3.34. The highest BCUT2D eigenvalue weighted by molar-refractivity contribution is 5.32. The third kappa shape index (κ3) is 3.09. The van der Waals surface area contributed by atoms with Crippen LogP contribution in [-0.4, -0.2) is 30.1 Å². The van der Waals surface area contributed by atoms with Gasteiger partial charge in [0.1, 0.15) is 0 Å². The van der Waals surface area contributed by atoms with Gasteiger partial charge < -0.3 is 5.32 Å². The standard InChI is InChI=1S/C16H21F3N2/c1-11-8-13(16(17,18)19)3-2-12(11)10-21-14-4-5-15(21)9-20-7-6-14/h2-3,8,14-15,20H,4-7,9-10H2,1H3. The van der Waals surface area contributed by atoms with Crippen LogP contribution < -0.4 is 5.32 Å². The van der Waals surface area contributed by atoms with Crippen molar-refractivity contribution < 1.29 is 13.2 Å². The van der Waals surface area contributed by atoms with Crippen molar-refractivity contribution in [2.24, 2.45) is 0 Å². The number of aryl methyl sites for hydroxylation is 1. The lowest BCUT2D eigenvalue weighted by molar-refractivity contribution is -0.137. The molecule has 1 N–H and O–H groups in total. The number of nitrogens with one attached hydrogen (secondary N) is 1. The summed E-state index contributed by atoms with van der Waals surface area (Å²) >= 11 is 0. The van der Waals surface area contributed by atoms with Gasteiger partial charge >= 0.3 is 6.18 Å². The van der Waals surface area contributed by atoms with Gasteiger partial charge in [0.25, 0.3) is 0 Å². The first-order chi connectivity index (χ1) is 9.95. The number of benzene rings is 1. The van der Waals surface area contributed by atoms with E-state index in [-0.39, 0.29) is 0 Å². The SMILES string of the molecule is Cc1cc(C(F)(F)F)ccc1CN1C2CCNCC1CC2. The molecular formula is C16H21F3N2. The van der Waals surface area contributed by atoms with Crippen molar-refractivity contribution in [1.82, 2.24) is 10.2 Å². The minimum Gasteiger partial charge on any atom is -0.315 e. The van der Waals surface area contributed by atoms with Crippen molar-refractivity contribution >= 4 is 0 Å². The molecule has 5 heteroatoms. The van der Waals surface area contributed by atoms with Gasteiger partial charge in [-0.05, 0) is 56.0 Å². The van der Waals surface area contributed by atoms with E-state index in [2.05, 4.69) is 10.2 Å². The van der Waals surface area contributed by atoms with E-state index < -0.39 is 11.7 Å². The first kappa shape index (κ1) is 14.9. The lowest BCUT2D eigenvalue weighted by atomic mass is 10.0. The highest BCUT2D eigenvalue weighted by Gasteiger charge is 2.35.